The predicted molar refractivity (Wildman–Crippen MR) is 260 cm³/mol. The van der Waals surface area contributed by atoms with Gasteiger partial charge in [-0.15, -0.1) is 0 Å². The van der Waals surface area contributed by atoms with Gasteiger partial charge in [0.1, 0.15) is 85.5 Å². The van der Waals surface area contributed by atoms with E-state index >= 15 is 4.79 Å². The summed E-state index contributed by atoms with van der Waals surface area (Å²) in [6.45, 7) is 9.70. The van der Waals surface area contributed by atoms with E-state index in [4.69, 9.17) is 37.9 Å². The maximum Gasteiger partial charge on any atom is 0.315 e. The van der Waals surface area contributed by atoms with Gasteiger partial charge in [0, 0.05) is 5.41 Å². The van der Waals surface area contributed by atoms with Crippen LogP contribution >= 0.6 is 0 Å². The second-order valence-corrected chi connectivity index (χ2v) is 25.9. The van der Waals surface area contributed by atoms with Crippen LogP contribution < -0.4 is 0 Å². The summed E-state index contributed by atoms with van der Waals surface area (Å²) in [4.78, 5) is 15.9. The molecule has 24 heteroatoms. The average Bonchev–Trinajstić information content (AvgIpc) is 3.52. The van der Waals surface area contributed by atoms with Crippen molar-refractivity contribution < 1.29 is 119 Å². The van der Waals surface area contributed by atoms with Crippen LogP contribution in [-0.4, -0.2) is 245 Å². The van der Waals surface area contributed by atoms with Crippen molar-refractivity contribution in [3.8, 4) is 0 Å². The van der Waals surface area contributed by atoms with Crippen LogP contribution in [0, 0.1) is 50.2 Å². The fourth-order valence-electron chi connectivity index (χ4n) is 16.2. The largest absolute Gasteiger partial charge is 0.432 e. The molecule has 0 aromatic heterocycles. The lowest BCUT2D eigenvalue weighted by atomic mass is 9.33. The number of carbonyl (C=O) groups excluding carboxylic acids is 1. The van der Waals surface area contributed by atoms with Gasteiger partial charge in [0.05, 0.1) is 50.7 Å². The molecule has 0 aromatic rings. The predicted octanol–water partition coefficient (Wildman–Crippen LogP) is -3.45. The first kappa shape index (κ1) is 59.9. The molecule has 0 radical (unpaired) electrons. The highest BCUT2D eigenvalue weighted by Gasteiger charge is 2.71. The van der Waals surface area contributed by atoms with Gasteiger partial charge < -0.3 is 114 Å². The summed E-state index contributed by atoms with van der Waals surface area (Å²) >= 11 is 0. The summed E-state index contributed by atoms with van der Waals surface area (Å²) < 4.78 is 48.2. The number of aliphatic hydroxyl groups is 15. The Balaban J connectivity index is 1.09. The van der Waals surface area contributed by atoms with Crippen LogP contribution in [0.3, 0.4) is 0 Å². The molecular formula is C53H86O24. The van der Waals surface area contributed by atoms with Crippen molar-refractivity contribution in [2.75, 3.05) is 33.0 Å². The molecule has 8 fully saturated rings. The van der Waals surface area contributed by atoms with Crippen LogP contribution in [0.25, 0.3) is 0 Å². The Hall–Kier alpha value is -1.67. The van der Waals surface area contributed by atoms with E-state index in [2.05, 4.69) is 40.7 Å². The van der Waals surface area contributed by atoms with Crippen LogP contribution in [0.15, 0.2) is 11.6 Å². The minimum Gasteiger partial charge on any atom is -0.432 e. The Morgan fingerprint density at radius 3 is 1.77 bits per heavy atom. The van der Waals surface area contributed by atoms with Gasteiger partial charge >= 0.3 is 5.97 Å². The molecule has 29 atom stereocenters. The Bertz CT molecular complexity index is 2120. The highest BCUT2D eigenvalue weighted by Crippen LogP contribution is 2.76. The topological polar surface area (TPSA) is 394 Å². The van der Waals surface area contributed by atoms with Crippen LogP contribution in [0.4, 0.5) is 0 Å². The van der Waals surface area contributed by atoms with Crippen molar-refractivity contribution in [2.45, 2.75) is 228 Å². The molecule has 4 saturated carbocycles. The van der Waals surface area contributed by atoms with Gasteiger partial charge in [-0.1, -0.05) is 53.2 Å². The van der Waals surface area contributed by atoms with E-state index in [0.717, 1.165) is 12.0 Å². The molecule has 29 unspecified atom stereocenters. The summed E-state index contributed by atoms with van der Waals surface area (Å²) in [7, 11) is 0. The maximum absolute atomic E-state index is 15.9. The summed E-state index contributed by atoms with van der Waals surface area (Å²) in [5.74, 6) is -1.21. The average molecular weight is 1110 g/mol. The quantitative estimate of drug-likeness (QED) is 0.0667. The molecule has 0 aromatic carbocycles. The lowest BCUT2D eigenvalue weighted by Crippen LogP contribution is -2.68. The van der Waals surface area contributed by atoms with E-state index in [0.29, 0.717) is 51.4 Å². The second-order valence-electron chi connectivity index (χ2n) is 25.9. The minimum absolute atomic E-state index is 0.0298. The molecule has 9 aliphatic rings. The third-order valence-electron chi connectivity index (χ3n) is 21.1. The van der Waals surface area contributed by atoms with Gasteiger partial charge in [-0.3, -0.25) is 4.79 Å². The third kappa shape index (κ3) is 9.79. The number of hydrogen-bond donors (Lipinski definition) is 15. The molecule has 0 amide bonds. The lowest BCUT2D eigenvalue weighted by Gasteiger charge is -2.71. The van der Waals surface area contributed by atoms with Gasteiger partial charge in [-0.05, 0) is 97.2 Å². The zero-order chi connectivity index (χ0) is 56.3. The first-order valence-corrected chi connectivity index (χ1v) is 27.5. The van der Waals surface area contributed by atoms with Gasteiger partial charge in [0.25, 0.3) is 0 Å². The van der Waals surface area contributed by atoms with Gasteiger partial charge in [0.15, 0.2) is 25.0 Å². The number of hydrogen-bond acceptors (Lipinski definition) is 24. The normalized spacial score (nSPS) is 54.7. The Kier molecular flexibility index (Phi) is 17.0. The number of rotatable bonds is 12. The van der Waals surface area contributed by atoms with Crippen molar-refractivity contribution >= 4 is 5.97 Å². The molecule has 442 valence electrons. The number of esters is 1. The zero-order valence-electron chi connectivity index (χ0n) is 44.7. The molecule has 4 saturated heterocycles. The fraction of sp³-hybridized carbons (Fsp3) is 0.943. The number of aliphatic hydroxyl groups excluding tert-OH is 15. The van der Waals surface area contributed by atoms with E-state index in [1.54, 1.807) is 0 Å². The second kappa shape index (κ2) is 21.8. The first-order chi connectivity index (χ1) is 36.1. The maximum atomic E-state index is 15.9. The van der Waals surface area contributed by atoms with Crippen LogP contribution in [0.5, 0.6) is 0 Å². The molecule has 24 nitrogen and oxygen atoms in total. The molecule has 4 aliphatic heterocycles. The highest BCUT2D eigenvalue weighted by molar-refractivity contribution is 5.79. The van der Waals surface area contributed by atoms with E-state index < -0.39 is 189 Å². The molecular weight excluding hydrogens is 1020 g/mol. The van der Waals surface area contributed by atoms with E-state index in [-0.39, 0.29) is 29.3 Å². The smallest absolute Gasteiger partial charge is 0.315 e. The minimum atomic E-state index is -2.07. The fourth-order valence-corrected chi connectivity index (χ4v) is 16.2. The lowest BCUT2D eigenvalue weighted by molar-refractivity contribution is -0.391. The molecule has 9 rings (SSSR count). The Morgan fingerprint density at radius 1 is 0.597 bits per heavy atom. The van der Waals surface area contributed by atoms with E-state index in [9.17, 15) is 76.6 Å². The van der Waals surface area contributed by atoms with Crippen molar-refractivity contribution in [1.82, 2.24) is 0 Å². The molecule has 0 spiro atoms. The van der Waals surface area contributed by atoms with Gasteiger partial charge in [-0.25, -0.2) is 0 Å². The summed E-state index contributed by atoms with van der Waals surface area (Å²) in [6.07, 6.45) is -30.0. The van der Waals surface area contributed by atoms with Crippen molar-refractivity contribution in [3.63, 3.8) is 0 Å². The SMILES string of the molecule is CC1(C)CCC2(C(=O)OC3OC(COC4OCC(O)C(O)C4O)C(O)C(OC4OC(CO)C(O)C(O)C4O)C3OC3OC(CO)C(O)C(O)C3O)CCC3(C)C(=CCC4C5(C)CC(O)C(O)C(C)(CO)C5CCC43C)C2C1. The number of fused-ring (bicyclic) bond motifs is 7. The van der Waals surface area contributed by atoms with Crippen molar-refractivity contribution in [1.29, 1.82) is 0 Å². The van der Waals surface area contributed by atoms with Gasteiger partial charge in [-0.2, -0.15) is 0 Å². The zero-order valence-corrected chi connectivity index (χ0v) is 44.7. The summed E-state index contributed by atoms with van der Waals surface area (Å²) in [5, 5.41) is 163. The third-order valence-corrected chi connectivity index (χ3v) is 21.1. The Morgan fingerprint density at radius 2 is 1.17 bits per heavy atom. The molecule has 0 bridgehead atoms. The van der Waals surface area contributed by atoms with Crippen molar-refractivity contribution in [2.24, 2.45) is 50.2 Å². The first-order valence-electron chi connectivity index (χ1n) is 27.5. The molecule has 5 aliphatic carbocycles. The number of carbonyl (C=O) groups is 1. The molecule has 77 heavy (non-hydrogen) atoms. The standard InChI is InChI=1S/C53H86O24/c1-48(2)11-13-53(14-12-51(5)22(23(53)15-48)7-8-30-49(3)16-24(57)42(68)50(4,21-56)29(49)9-10-52(30,51)6)47(69)77-46-41(76-45-39(67)36(64)33(61)27(18-55)73-45)40(75-44-38(66)35(63)32(60)26(17-54)72-44)34(62)28(74-46)20-71-43-37(65)31(59)25(58)19-70-43/h7,23-46,54-68H,8-21H2,1-6H3. The van der Waals surface area contributed by atoms with E-state index in [1.165, 1.54) is 0 Å². The summed E-state index contributed by atoms with van der Waals surface area (Å²) in [5.41, 5.74) is -2.64. The van der Waals surface area contributed by atoms with E-state index in [1.807, 2.05) is 6.92 Å². The van der Waals surface area contributed by atoms with Gasteiger partial charge in [0.2, 0.25) is 6.29 Å². The van der Waals surface area contributed by atoms with Crippen LogP contribution in [-0.2, 0) is 42.7 Å². The number of ether oxygens (including phenoxy) is 8. The summed E-state index contributed by atoms with van der Waals surface area (Å²) in [6, 6.07) is 0. The molecule has 15 N–H and O–H groups in total. The van der Waals surface area contributed by atoms with Crippen molar-refractivity contribution in [3.05, 3.63) is 11.6 Å². The van der Waals surface area contributed by atoms with Crippen LogP contribution in [0.1, 0.15) is 99.3 Å². The van der Waals surface area contributed by atoms with Crippen LogP contribution in [0.2, 0.25) is 0 Å². The highest BCUT2D eigenvalue weighted by atomic mass is 16.8. The Labute approximate surface area is 447 Å². The molecule has 4 heterocycles. The monoisotopic (exact) mass is 1110 g/mol. The number of allylic oxidation sites excluding steroid dienone is 2.